The van der Waals surface area contributed by atoms with Crippen LogP contribution in [0.5, 0.6) is 0 Å². The molecule has 1 atom stereocenters. The second kappa shape index (κ2) is 8.48. The van der Waals surface area contributed by atoms with Crippen molar-refractivity contribution in [3.8, 4) is 0 Å². The predicted molar refractivity (Wildman–Crippen MR) is 108 cm³/mol. The third kappa shape index (κ3) is 4.17. The fourth-order valence-electron chi connectivity index (χ4n) is 3.06. The maximum Gasteiger partial charge on any atom is 0.375 e. The Bertz CT molecular complexity index is 1050. The predicted octanol–water partition coefficient (Wildman–Crippen LogP) is 3.50. The van der Waals surface area contributed by atoms with Crippen molar-refractivity contribution >= 4 is 28.5 Å². The van der Waals surface area contributed by atoms with Gasteiger partial charge < -0.3 is 19.2 Å². The van der Waals surface area contributed by atoms with E-state index in [0.717, 1.165) is 11.1 Å². The van der Waals surface area contributed by atoms with Crippen LogP contribution in [0.2, 0.25) is 0 Å². The van der Waals surface area contributed by atoms with Crippen molar-refractivity contribution < 1.29 is 23.5 Å². The molecule has 3 rings (SSSR count). The van der Waals surface area contributed by atoms with E-state index in [2.05, 4.69) is 10.4 Å². The van der Waals surface area contributed by atoms with Crippen LogP contribution < -0.4 is 5.32 Å². The molecule has 0 aliphatic carbocycles. The van der Waals surface area contributed by atoms with Gasteiger partial charge in [0.2, 0.25) is 5.76 Å². The molecule has 0 spiro atoms. The van der Waals surface area contributed by atoms with Crippen molar-refractivity contribution in [3.05, 3.63) is 47.0 Å². The zero-order valence-electron chi connectivity index (χ0n) is 17.2. The quantitative estimate of drug-likeness (QED) is 0.611. The smallest absolute Gasteiger partial charge is 0.375 e. The molecule has 2 heterocycles. The molecular weight excluding hydrogens is 374 g/mol. The number of rotatable bonds is 7. The average molecular weight is 399 g/mol. The first-order chi connectivity index (χ1) is 13.8. The Morgan fingerprint density at radius 2 is 2.00 bits per heavy atom. The van der Waals surface area contributed by atoms with Gasteiger partial charge in [-0.25, -0.2) is 4.79 Å². The van der Waals surface area contributed by atoms with Crippen LogP contribution in [0.4, 0.5) is 5.69 Å². The number of esters is 1. The van der Waals surface area contributed by atoms with Gasteiger partial charge in [0.1, 0.15) is 5.58 Å². The second-order valence-electron chi connectivity index (χ2n) is 6.75. The van der Waals surface area contributed by atoms with Crippen LogP contribution >= 0.6 is 0 Å². The van der Waals surface area contributed by atoms with E-state index in [0.29, 0.717) is 29.1 Å². The molecule has 0 aliphatic heterocycles. The molecule has 3 aromatic rings. The van der Waals surface area contributed by atoms with Crippen molar-refractivity contribution in [2.24, 2.45) is 7.05 Å². The van der Waals surface area contributed by atoms with Crippen LogP contribution in [-0.2, 0) is 27.9 Å². The summed E-state index contributed by atoms with van der Waals surface area (Å²) in [6, 6.07) is 7.30. The molecule has 0 saturated heterocycles. The van der Waals surface area contributed by atoms with E-state index in [4.69, 9.17) is 13.9 Å². The van der Waals surface area contributed by atoms with Crippen molar-refractivity contribution in [3.63, 3.8) is 0 Å². The Morgan fingerprint density at radius 3 is 2.66 bits per heavy atom. The number of para-hydroxylation sites is 1. The summed E-state index contributed by atoms with van der Waals surface area (Å²) in [4.78, 5) is 25.3. The molecule has 154 valence electrons. The number of hydrogen-bond acceptors (Lipinski definition) is 6. The van der Waals surface area contributed by atoms with Crippen LogP contribution in [0, 0.1) is 13.8 Å². The Labute approximate surface area is 168 Å². The second-order valence-corrected chi connectivity index (χ2v) is 6.75. The topological polar surface area (TPSA) is 95.6 Å². The van der Waals surface area contributed by atoms with E-state index >= 15 is 0 Å². The zero-order chi connectivity index (χ0) is 21.1. The van der Waals surface area contributed by atoms with Gasteiger partial charge in [0, 0.05) is 24.6 Å². The minimum absolute atomic E-state index is 0.0491. The molecule has 1 aromatic carbocycles. The summed E-state index contributed by atoms with van der Waals surface area (Å²) >= 11 is 0. The minimum atomic E-state index is -1.02. The largest absolute Gasteiger partial charge is 0.449 e. The van der Waals surface area contributed by atoms with Crippen molar-refractivity contribution in [1.82, 2.24) is 9.78 Å². The molecule has 0 fully saturated rings. The van der Waals surface area contributed by atoms with Crippen LogP contribution in [0.3, 0.4) is 0 Å². The summed E-state index contributed by atoms with van der Waals surface area (Å²) in [6.07, 6.45) is -1.02. The lowest BCUT2D eigenvalue weighted by molar-refractivity contribution is -0.123. The molecule has 0 saturated carbocycles. The number of aryl methyl sites for hydroxylation is 2. The molecule has 0 aliphatic rings. The van der Waals surface area contributed by atoms with Crippen molar-refractivity contribution in [1.29, 1.82) is 0 Å². The van der Waals surface area contributed by atoms with Gasteiger partial charge in [0.05, 0.1) is 23.7 Å². The molecule has 0 radical (unpaired) electrons. The van der Waals surface area contributed by atoms with Crippen molar-refractivity contribution in [2.45, 2.75) is 40.4 Å². The number of carbonyl (C=O) groups is 2. The fourth-order valence-corrected chi connectivity index (χ4v) is 3.06. The van der Waals surface area contributed by atoms with E-state index in [9.17, 15) is 9.59 Å². The van der Waals surface area contributed by atoms with E-state index < -0.39 is 18.0 Å². The summed E-state index contributed by atoms with van der Waals surface area (Å²) in [6.45, 7) is 7.74. The normalized spacial score (nSPS) is 12.2. The zero-order valence-corrected chi connectivity index (χ0v) is 17.2. The maximum atomic E-state index is 12.7. The van der Waals surface area contributed by atoms with Gasteiger partial charge >= 0.3 is 5.97 Å². The van der Waals surface area contributed by atoms with Gasteiger partial charge in [-0.15, -0.1) is 0 Å². The third-order valence-electron chi connectivity index (χ3n) is 4.74. The average Bonchev–Trinajstić information content (AvgIpc) is 3.18. The Hall–Kier alpha value is -3.13. The Morgan fingerprint density at radius 1 is 1.28 bits per heavy atom. The Kier molecular flexibility index (Phi) is 6.03. The molecule has 1 amide bonds. The molecule has 8 heteroatoms. The molecule has 29 heavy (non-hydrogen) atoms. The highest BCUT2D eigenvalue weighted by atomic mass is 16.6. The van der Waals surface area contributed by atoms with Gasteiger partial charge in [0.15, 0.2) is 6.10 Å². The number of amides is 1. The van der Waals surface area contributed by atoms with E-state index in [1.165, 1.54) is 6.92 Å². The highest BCUT2D eigenvalue weighted by Gasteiger charge is 2.26. The number of anilines is 1. The fraction of sp³-hybridized carbons (Fsp3) is 0.381. The standard InChI is InChI=1S/C21H25N3O5/c1-6-27-11-16-15-9-7-8-10-17(15)29-19(16)21(26)28-14(4)20(25)22-18-12(2)23-24(5)13(18)3/h7-10,14H,6,11H2,1-5H3,(H,22,25)/t14-/m0/s1. The molecule has 0 bridgehead atoms. The first kappa shape index (κ1) is 20.6. The molecule has 1 N–H and O–H groups in total. The van der Waals surface area contributed by atoms with E-state index in [1.807, 2.05) is 32.0 Å². The summed E-state index contributed by atoms with van der Waals surface area (Å²) in [5.74, 6) is -1.11. The first-order valence-electron chi connectivity index (χ1n) is 9.43. The lowest BCUT2D eigenvalue weighted by Crippen LogP contribution is -2.30. The number of hydrogen-bond donors (Lipinski definition) is 1. The highest BCUT2D eigenvalue weighted by Crippen LogP contribution is 2.27. The number of furan rings is 1. The van der Waals surface area contributed by atoms with Gasteiger partial charge in [-0.05, 0) is 33.8 Å². The van der Waals surface area contributed by atoms with Gasteiger partial charge in [-0.3, -0.25) is 9.48 Å². The molecule has 2 aromatic heterocycles. The van der Waals surface area contributed by atoms with Gasteiger partial charge in [-0.1, -0.05) is 18.2 Å². The number of benzene rings is 1. The number of carbonyl (C=O) groups excluding carboxylic acids is 2. The SMILES string of the molecule is CCOCc1c(C(=O)O[C@@H](C)C(=O)Nc2c(C)nn(C)c2C)oc2ccccc12. The molecular formula is C21H25N3O5. The number of nitrogens with one attached hydrogen (secondary N) is 1. The minimum Gasteiger partial charge on any atom is -0.449 e. The van der Waals surface area contributed by atoms with Crippen LogP contribution in [0.1, 0.15) is 41.4 Å². The summed E-state index contributed by atoms with van der Waals surface area (Å²) in [5, 5.41) is 7.82. The maximum absolute atomic E-state index is 12.7. The van der Waals surface area contributed by atoms with Crippen LogP contribution in [0.25, 0.3) is 11.0 Å². The summed E-state index contributed by atoms with van der Waals surface area (Å²) in [7, 11) is 1.79. The highest BCUT2D eigenvalue weighted by molar-refractivity contribution is 5.99. The van der Waals surface area contributed by atoms with Crippen LogP contribution in [-0.4, -0.2) is 34.4 Å². The van der Waals surface area contributed by atoms with E-state index in [-0.39, 0.29) is 12.4 Å². The van der Waals surface area contributed by atoms with Gasteiger partial charge in [-0.2, -0.15) is 5.10 Å². The number of ether oxygens (including phenoxy) is 2. The van der Waals surface area contributed by atoms with Crippen LogP contribution in [0.15, 0.2) is 28.7 Å². The number of aromatic nitrogens is 2. The van der Waals surface area contributed by atoms with Crippen molar-refractivity contribution in [2.75, 3.05) is 11.9 Å². The Balaban J connectivity index is 1.78. The molecule has 0 unspecified atom stereocenters. The number of fused-ring (bicyclic) bond motifs is 1. The lowest BCUT2D eigenvalue weighted by Gasteiger charge is -2.13. The monoisotopic (exact) mass is 399 g/mol. The molecule has 8 nitrogen and oxygen atoms in total. The summed E-state index contributed by atoms with van der Waals surface area (Å²) in [5.41, 5.74) is 3.28. The lowest BCUT2D eigenvalue weighted by atomic mass is 10.1. The number of nitrogens with zero attached hydrogens (tertiary/aromatic N) is 2. The summed E-state index contributed by atoms with van der Waals surface area (Å²) < 4.78 is 18.2. The van der Waals surface area contributed by atoms with E-state index in [1.54, 1.807) is 24.7 Å². The third-order valence-corrected chi connectivity index (χ3v) is 4.74. The first-order valence-corrected chi connectivity index (χ1v) is 9.43. The van der Waals surface area contributed by atoms with Gasteiger partial charge in [0.25, 0.3) is 5.91 Å².